The maximum atomic E-state index is 11.0. The molecule has 0 aliphatic rings. The van der Waals surface area contributed by atoms with E-state index in [2.05, 4.69) is 11.3 Å². The van der Waals surface area contributed by atoms with E-state index in [9.17, 15) is 9.36 Å². The maximum absolute atomic E-state index is 11.0. The minimum atomic E-state index is -2.24. The van der Waals surface area contributed by atoms with Crippen molar-refractivity contribution in [3.05, 3.63) is 12.2 Å². The predicted molar refractivity (Wildman–Crippen MR) is 45.2 cm³/mol. The zero-order valence-corrected chi connectivity index (χ0v) is 7.98. The van der Waals surface area contributed by atoms with E-state index in [0.29, 0.717) is 5.57 Å². The molecule has 11 heavy (non-hydrogen) atoms. The van der Waals surface area contributed by atoms with E-state index in [0.717, 1.165) is 0 Å². The molecule has 0 aliphatic carbocycles. The Morgan fingerprint density at radius 3 is 2.27 bits per heavy atom. The molecular formula is C7H13O3P. The number of esters is 1. The van der Waals surface area contributed by atoms with Gasteiger partial charge in [-0.3, -0.25) is 0 Å². The van der Waals surface area contributed by atoms with Crippen molar-refractivity contribution in [2.45, 2.75) is 6.92 Å². The monoisotopic (exact) mass is 176 g/mol. The van der Waals surface area contributed by atoms with Gasteiger partial charge in [0.1, 0.15) is 13.5 Å². The third-order valence-corrected chi connectivity index (χ3v) is 1.61. The summed E-state index contributed by atoms with van der Waals surface area (Å²) in [6.07, 6.45) is -0.00130. The molecule has 0 aromatic rings. The Morgan fingerprint density at radius 2 is 2.00 bits per heavy atom. The SMILES string of the molecule is C=C(C)C(=O)OCP(C)(C)=O. The van der Waals surface area contributed by atoms with Crippen LogP contribution in [0.1, 0.15) is 6.92 Å². The first-order chi connectivity index (χ1) is 4.83. The highest BCUT2D eigenvalue weighted by molar-refractivity contribution is 7.62. The number of carbonyl (C=O) groups is 1. The summed E-state index contributed by atoms with van der Waals surface area (Å²) in [6, 6.07) is 0. The van der Waals surface area contributed by atoms with Crippen molar-refractivity contribution in [3.63, 3.8) is 0 Å². The minimum Gasteiger partial charge on any atom is -0.454 e. The molecule has 0 unspecified atom stereocenters. The second-order valence-electron chi connectivity index (χ2n) is 2.92. The van der Waals surface area contributed by atoms with Gasteiger partial charge in [-0.1, -0.05) is 6.58 Å². The van der Waals surface area contributed by atoms with E-state index in [1.165, 1.54) is 0 Å². The van der Waals surface area contributed by atoms with Crippen LogP contribution in [0.4, 0.5) is 0 Å². The average molecular weight is 176 g/mol. The van der Waals surface area contributed by atoms with E-state index < -0.39 is 13.1 Å². The van der Waals surface area contributed by atoms with Gasteiger partial charge in [0.2, 0.25) is 0 Å². The molecule has 0 rings (SSSR count). The third-order valence-electron chi connectivity index (χ3n) is 0.855. The van der Waals surface area contributed by atoms with Crippen molar-refractivity contribution in [2.24, 2.45) is 0 Å². The Balaban J connectivity index is 3.82. The lowest BCUT2D eigenvalue weighted by atomic mass is 10.4. The van der Waals surface area contributed by atoms with Crippen LogP contribution in [-0.4, -0.2) is 25.6 Å². The zero-order valence-electron chi connectivity index (χ0n) is 7.09. The van der Waals surface area contributed by atoms with Gasteiger partial charge in [-0.2, -0.15) is 0 Å². The maximum Gasteiger partial charge on any atom is 0.333 e. The van der Waals surface area contributed by atoms with Gasteiger partial charge < -0.3 is 9.30 Å². The molecule has 0 amide bonds. The molecule has 0 heterocycles. The van der Waals surface area contributed by atoms with Gasteiger partial charge in [-0.25, -0.2) is 4.79 Å². The Kier molecular flexibility index (Phi) is 3.53. The van der Waals surface area contributed by atoms with Crippen LogP contribution in [0.2, 0.25) is 0 Å². The molecule has 0 bridgehead atoms. The Morgan fingerprint density at radius 1 is 1.55 bits per heavy atom. The van der Waals surface area contributed by atoms with Gasteiger partial charge in [-0.05, 0) is 20.3 Å². The summed E-state index contributed by atoms with van der Waals surface area (Å²) in [7, 11) is -2.24. The molecular weight excluding hydrogens is 163 g/mol. The van der Waals surface area contributed by atoms with Crippen LogP contribution < -0.4 is 0 Å². The molecule has 0 aromatic heterocycles. The second-order valence-corrected chi connectivity index (χ2v) is 6.32. The smallest absolute Gasteiger partial charge is 0.333 e. The molecule has 0 aromatic carbocycles. The Bertz CT molecular complexity index is 214. The van der Waals surface area contributed by atoms with Gasteiger partial charge >= 0.3 is 5.97 Å². The van der Waals surface area contributed by atoms with Crippen LogP contribution in [-0.2, 0) is 14.1 Å². The topological polar surface area (TPSA) is 43.4 Å². The standard InChI is InChI=1S/C7H13O3P/c1-6(2)7(8)10-5-11(3,4)9/h1,5H2,2-4H3. The molecule has 0 saturated heterocycles. The quantitative estimate of drug-likeness (QED) is 0.373. The van der Waals surface area contributed by atoms with Gasteiger partial charge in [0.15, 0.2) is 0 Å². The number of hydrogen-bond acceptors (Lipinski definition) is 3. The molecule has 64 valence electrons. The van der Waals surface area contributed by atoms with Crippen molar-refractivity contribution < 1.29 is 14.1 Å². The molecule has 0 atom stereocenters. The van der Waals surface area contributed by atoms with Crippen molar-refractivity contribution in [1.82, 2.24) is 0 Å². The number of ether oxygens (including phenoxy) is 1. The summed E-state index contributed by atoms with van der Waals surface area (Å²) in [5, 5.41) is 0. The summed E-state index contributed by atoms with van der Waals surface area (Å²) in [6.45, 7) is 8.08. The largest absolute Gasteiger partial charge is 0.454 e. The zero-order chi connectivity index (χ0) is 9.07. The fourth-order valence-electron chi connectivity index (χ4n) is 0.337. The van der Waals surface area contributed by atoms with Gasteiger partial charge in [0.05, 0.1) is 0 Å². The number of hydrogen-bond donors (Lipinski definition) is 0. The highest BCUT2D eigenvalue weighted by atomic mass is 31.2. The number of carbonyl (C=O) groups excluding carboxylic acids is 1. The first-order valence-corrected chi connectivity index (χ1v) is 5.98. The Labute approximate surface area is 66.8 Å². The van der Waals surface area contributed by atoms with Crippen molar-refractivity contribution in [1.29, 1.82) is 0 Å². The molecule has 0 spiro atoms. The molecule has 0 aliphatic heterocycles. The molecule has 0 fully saturated rings. The van der Waals surface area contributed by atoms with E-state index in [1.54, 1.807) is 20.3 Å². The summed E-state index contributed by atoms with van der Waals surface area (Å²) in [4.78, 5) is 10.7. The summed E-state index contributed by atoms with van der Waals surface area (Å²) in [5.41, 5.74) is 0.332. The van der Waals surface area contributed by atoms with Crippen LogP contribution in [0.15, 0.2) is 12.2 Å². The summed E-state index contributed by atoms with van der Waals surface area (Å²) < 4.78 is 15.7. The molecule has 4 heteroatoms. The number of rotatable bonds is 3. The van der Waals surface area contributed by atoms with Crippen molar-refractivity contribution in [3.8, 4) is 0 Å². The van der Waals surface area contributed by atoms with E-state index >= 15 is 0 Å². The van der Waals surface area contributed by atoms with Crippen molar-refractivity contribution in [2.75, 3.05) is 19.7 Å². The van der Waals surface area contributed by atoms with Gasteiger partial charge in [0, 0.05) is 5.57 Å². The van der Waals surface area contributed by atoms with Crippen LogP contribution >= 0.6 is 7.14 Å². The molecule has 0 radical (unpaired) electrons. The molecule has 0 saturated carbocycles. The summed E-state index contributed by atoms with van der Waals surface area (Å²) >= 11 is 0. The van der Waals surface area contributed by atoms with Crippen LogP contribution in [0.5, 0.6) is 0 Å². The Hall–Kier alpha value is -0.560. The first kappa shape index (κ1) is 10.4. The van der Waals surface area contributed by atoms with Gasteiger partial charge in [0.25, 0.3) is 0 Å². The lowest BCUT2D eigenvalue weighted by molar-refractivity contribution is -0.137. The van der Waals surface area contributed by atoms with E-state index in [4.69, 9.17) is 0 Å². The summed E-state index contributed by atoms with van der Waals surface area (Å²) in [5.74, 6) is -0.478. The predicted octanol–water partition coefficient (Wildman–Crippen LogP) is 1.69. The minimum absolute atomic E-state index is 0.00130. The lowest BCUT2D eigenvalue weighted by Gasteiger charge is -2.06. The van der Waals surface area contributed by atoms with Gasteiger partial charge in [-0.15, -0.1) is 0 Å². The first-order valence-electron chi connectivity index (χ1n) is 3.19. The third kappa shape index (κ3) is 5.86. The fourth-order valence-corrected chi connectivity index (χ4v) is 0.765. The van der Waals surface area contributed by atoms with Crippen LogP contribution in [0.25, 0.3) is 0 Å². The molecule has 3 nitrogen and oxygen atoms in total. The molecule has 0 N–H and O–H groups in total. The highest BCUT2D eigenvalue weighted by Crippen LogP contribution is 2.35. The van der Waals surface area contributed by atoms with Crippen molar-refractivity contribution >= 4 is 13.1 Å². The fraction of sp³-hybridized carbons (Fsp3) is 0.571. The second kappa shape index (κ2) is 3.72. The van der Waals surface area contributed by atoms with E-state index in [1.807, 2.05) is 0 Å². The van der Waals surface area contributed by atoms with E-state index in [-0.39, 0.29) is 6.35 Å². The highest BCUT2D eigenvalue weighted by Gasteiger charge is 2.10. The van der Waals surface area contributed by atoms with Crippen LogP contribution in [0.3, 0.4) is 0 Å². The normalized spacial score (nSPS) is 10.8. The average Bonchev–Trinajstić information content (AvgIpc) is 1.80. The van der Waals surface area contributed by atoms with Crippen LogP contribution in [0, 0.1) is 0 Å². The lowest BCUT2D eigenvalue weighted by Crippen LogP contribution is -2.05.